The Labute approximate surface area is 191 Å². The summed E-state index contributed by atoms with van der Waals surface area (Å²) in [7, 11) is -3.63. The van der Waals surface area contributed by atoms with Crippen molar-refractivity contribution in [2.75, 3.05) is 24.5 Å². The summed E-state index contributed by atoms with van der Waals surface area (Å²) >= 11 is 5.89. The highest BCUT2D eigenvalue weighted by molar-refractivity contribution is 7.89. The average molecular weight is 477 g/mol. The number of hydrogen-bond donors (Lipinski definition) is 0. The summed E-state index contributed by atoms with van der Waals surface area (Å²) in [6.07, 6.45) is 1.39. The molecule has 2 heterocycles. The number of benzene rings is 2. The lowest BCUT2D eigenvalue weighted by Gasteiger charge is -2.39. The van der Waals surface area contributed by atoms with E-state index in [1.54, 1.807) is 31.2 Å². The van der Waals surface area contributed by atoms with Crippen LogP contribution in [0.3, 0.4) is 0 Å². The van der Waals surface area contributed by atoms with Gasteiger partial charge in [0.25, 0.3) is 0 Å². The number of nitrogens with zero attached hydrogens (tertiary/aromatic N) is 4. The summed E-state index contributed by atoms with van der Waals surface area (Å²) in [5, 5.41) is 0.486. The van der Waals surface area contributed by atoms with Crippen LogP contribution in [0.5, 0.6) is 11.6 Å². The molecule has 2 aromatic carbocycles. The molecule has 0 saturated carbocycles. The van der Waals surface area contributed by atoms with Crippen molar-refractivity contribution < 1.29 is 17.5 Å². The first-order valence-electron chi connectivity index (χ1n) is 10.0. The Morgan fingerprint density at radius 3 is 2.53 bits per heavy atom. The molecule has 3 aromatic rings. The number of sulfonamides is 1. The maximum atomic E-state index is 13.3. The number of aryl methyl sites for hydroxylation is 1. The molecule has 0 aliphatic carbocycles. The van der Waals surface area contributed by atoms with Crippen molar-refractivity contribution >= 4 is 27.4 Å². The molecular weight excluding hydrogens is 455 g/mol. The minimum atomic E-state index is -3.63. The lowest BCUT2D eigenvalue weighted by atomic mass is 10.2. The van der Waals surface area contributed by atoms with E-state index in [2.05, 4.69) is 9.97 Å². The molecule has 168 valence electrons. The Morgan fingerprint density at radius 2 is 1.84 bits per heavy atom. The lowest BCUT2D eigenvalue weighted by molar-refractivity contribution is 0.305. The summed E-state index contributed by atoms with van der Waals surface area (Å²) in [6.45, 7) is 4.84. The van der Waals surface area contributed by atoms with Gasteiger partial charge in [-0.05, 0) is 61.9 Å². The van der Waals surface area contributed by atoms with Crippen molar-refractivity contribution in [3.05, 3.63) is 71.3 Å². The van der Waals surface area contributed by atoms with Crippen LogP contribution < -0.4 is 9.64 Å². The van der Waals surface area contributed by atoms with Gasteiger partial charge < -0.3 is 9.64 Å². The van der Waals surface area contributed by atoms with Gasteiger partial charge >= 0.3 is 0 Å². The lowest BCUT2D eigenvalue weighted by Crippen LogP contribution is -2.54. The molecule has 7 nitrogen and oxygen atoms in total. The molecule has 0 spiro atoms. The predicted molar refractivity (Wildman–Crippen MR) is 120 cm³/mol. The van der Waals surface area contributed by atoms with Crippen molar-refractivity contribution in [3.8, 4) is 11.6 Å². The second-order valence-electron chi connectivity index (χ2n) is 7.59. The van der Waals surface area contributed by atoms with Crippen LogP contribution >= 0.6 is 11.6 Å². The Hall–Kier alpha value is -2.75. The predicted octanol–water partition coefficient (Wildman–Crippen LogP) is 4.27. The molecule has 1 aliphatic heterocycles. The van der Waals surface area contributed by atoms with E-state index in [0.717, 1.165) is 0 Å². The number of rotatable bonds is 5. The maximum Gasteiger partial charge on any atom is 0.243 e. The minimum Gasteiger partial charge on any atom is -0.439 e. The zero-order valence-corrected chi connectivity index (χ0v) is 19.1. The van der Waals surface area contributed by atoms with E-state index in [-0.39, 0.29) is 16.8 Å². The molecule has 32 heavy (non-hydrogen) atoms. The summed E-state index contributed by atoms with van der Waals surface area (Å²) in [6, 6.07) is 11.9. The summed E-state index contributed by atoms with van der Waals surface area (Å²) in [5.41, 5.74) is 0.653. The third-order valence-corrected chi connectivity index (χ3v) is 7.57. The SMILES string of the molecule is Cc1cc(F)ccc1Oc1cc(N2CCN(S(=O)(=O)c3ccc(Cl)cc3)[C@@H](C)C2)ncn1. The van der Waals surface area contributed by atoms with Crippen molar-refractivity contribution in [2.24, 2.45) is 0 Å². The maximum absolute atomic E-state index is 13.3. The van der Waals surface area contributed by atoms with Gasteiger partial charge in [0.15, 0.2) is 0 Å². The number of anilines is 1. The number of piperazine rings is 1. The Kier molecular flexibility index (Phi) is 6.32. The summed E-state index contributed by atoms with van der Waals surface area (Å²) in [5.74, 6) is 1.13. The van der Waals surface area contributed by atoms with Gasteiger partial charge in [-0.3, -0.25) is 0 Å². The van der Waals surface area contributed by atoms with E-state index in [1.807, 2.05) is 11.8 Å². The van der Waals surface area contributed by atoms with Crippen LogP contribution in [0.2, 0.25) is 5.02 Å². The van der Waals surface area contributed by atoms with E-state index >= 15 is 0 Å². The van der Waals surface area contributed by atoms with Crippen molar-refractivity contribution in [3.63, 3.8) is 0 Å². The summed E-state index contributed by atoms with van der Waals surface area (Å²) < 4.78 is 46.7. The van der Waals surface area contributed by atoms with Gasteiger partial charge in [-0.15, -0.1) is 0 Å². The molecule has 10 heteroatoms. The highest BCUT2D eigenvalue weighted by Crippen LogP contribution is 2.28. The van der Waals surface area contributed by atoms with Crippen LogP contribution in [0.15, 0.2) is 59.8 Å². The number of aromatic nitrogens is 2. The molecule has 1 saturated heterocycles. The monoisotopic (exact) mass is 476 g/mol. The first-order valence-corrected chi connectivity index (χ1v) is 11.8. The average Bonchev–Trinajstić information content (AvgIpc) is 2.76. The molecule has 0 bridgehead atoms. The van der Waals surface area contributed by atoms with Crippen molar-refractivity contribution in [1.29, 1.82) is 0 Å². The van der Waals surface area contributed by atoms with E-state index in [1.165, 1.54) is 34.9 Å². The second-order valence-corrected chi connectivity index (χ2v) is 9.92. The highest BCUT2D eigenvalue weighted by atomic mass is 35.5. The molecule has 0 unspecified atom stereocenters. The van der Waals surface area contributed by atoms with Gasteiger partial charge in [0.1, 0.15) is 23.7 Å². The van der Waals surface area contributed by atoms with Gasteiger partial charge in [-0.25, -0.2) is 22.8 Å². The van der Waals surface area contributed by atoms with Crippen LogP contribution in [0.4, 0.5) is 10.2 Å². The molecule has 0 radical (unpaired) electrons. The first-order chi connectivity index (χ1) is 15.2. The normalized spacial score (nSPS) is 17.4. The minimum absolute atomic E-state index is 0.217. The van der Waals surface area contributed by atoms with Crippen LogP contribution in [-0.4, -0.2) is 48.4 Å². The second kappa shape index (κ2) is 9.01. The summed E-state index contributed by atoms with van der Waals surface area (Å²) in [4.78, 5) is 10.7. The van der Waals surface area contributed by atoms with E-state index in [9.17, 15) is 12.8 Å². The molecule has 0 N–H and O–H groups in total. The smallest absolute Gasteiger partial charge is 0.243 e. The number of ether oxygens (including phenoxy) is 1. The standard InChI is InChI=1S/C22H22ClFN4O3S/c1-15-11-18(24)5-8-20(15)31-22-12-21(25-14-26-22)27-9-10-28(16(2)13-27)32(29,30)19-6-3-17(23)4-7-19/h3-8,11-12,14,16H,9-10,13H2,1-2H3/t16-/m0/s1. The van der Waals surface area contributed by atoms with Crippen molar-refractivity contribution in [1.82, 2.24) is 14.3 Å². The topological polar surface area (TPSA) is 75.6 Å². The quantitative estimate of drug-likeness (QED) is 0.547. The highest BCUT2D eigenvalue weighted by Gasteiger charge is 2.34. The number of hydrogen-bond acceptors (Lipinski definition) is 6. The molecular formula is C22H22ClFN4O3S. The third kappa shape index (κ3) is 4.69. The van der Waals surface area contributed by atoms with Crippen molar-refractivity contribution in [2.45, 2.75) is 24.8 Å². The van der Waals surface area contributed by atoms with Gasteiger partial charge in [0.2, 0.25) is 15.9 Å². The molecule has 1 aliphatic rings. The molecule has 1 fully saturated rings. The fourth-order valence-corrected chi connectivity index (χ4v) is 5.39. The zero-order valence-electron chi connectivity index (χ0n) is 17.6. The van der Waals surface area contributed by atoms with Gasteiger partial charge in [0.05, 0.1) is 4.90 Å². The van der Waals surface area contributed by atoms with Gasteiger partial charge in [0, 0.05) is 36.8 Å². The number of halogens is 2. The first kappa shape index (κ1) is 22.4. The van der Waals surface area contributed by atoms with Crippen LogP contribution in [0.25, 0.3) is 0 Å². The van der Waals surface area contributed by atoms with E-state index in [4.69, 9.17) is 16.3 Å². The zero-order chi connectivity index (χ0) is 22.9. The van der Waals surface area contributed by atoms with E-state index in [0.29, 0.717) is 47.7 Å². The molecule has 1 atom stereocenters. The Bertz CT molecular complexity index is 1220. The van der Waals surface area contributed by atoms with Crippen LogP contribution in [0, 0.1) is 12.7 Å². The van der Waals surface area contributed by atoms with Gasteiger partial charge in [-0.1, -0.05) is 11.6 Å². The van der Waals surface area contributed by atoms with Crippen LogP contribution in [-0.2, 0) is 10.0 Å². The molecule has 0 amide bonds. The Morgan fingerprint density at radius 1 is 1.09 bits per heavy atom. The largest absolute Gasteiger partial charge is 0.439 e. The third-order valence-electron chi connectivity index (χ3n) is 5.29. The molecule has 1 aromatic heterocycles. The fraction of sp³-hybridized carbons (Fsp3) is 0.273. The van der Waals surface area contributed by atoms with Crippen LogP contribution in [0.1, 0.15) is 12.5 Å². The van der Waals surface area contributed by atoms with E-state index < -0.39 is 10.0 Å². The molecule has 4 rings (SSSR count). The fourth-order valence-electron chi connectivity index (χ4n) is 3.65. The van der Waals surface area contributed by atoms with Gasteiger partial charge in [-0.2, -0.15) is 4.31 Å². The Balaban J connectivity index is 1.49.